The molecule has 4 nitrogen and oxygen atoms in total. The number of para-hydroxylation sites is 2. The van der Waals surface area contributed by atoms with Gasteiger partial charge in [0, 0.05) is 19.6 Å². The molecule has 19 heavy (non-hydrogen) atoms. The van der Waals surface area contributed by atoms with E-state index in [2.05, 4.69) is 22.1 Å². The van der Waals surface area contributed by atoms with Crippen LogP contribution in [-0.2, 0) is 4.79 Å². The standard InChI is InChI=1S/C14H19N3O.ClH/c1-3-8-16-14(18)11(2)17-10-9-15-12-6-4-5-7-13(12)17;/h3-7,11,15H,1,8-10H2,2H3,(H,16,18);1H. The van der Waals surface area contributed by atoms with Gasteiger partial charge in [-0.25, -0.2) is 0 Å². The highest BCUT2D eigenvalue weighted by Crippen LogP contribution is 2.29. The zero-order valence-corrected chi connectivity index (χ0v) is 11.9. The lowest BCUT2D eigenvalue weighted by Gasteiger charge is -2.35. The van der Waals surface area contributed by atoms with Gasteiger partial charge < -0.3 is 15.5 Å². The molecule has 2 N–H and O–H groups in total. The number of hydrogen-bond acceptors (Lipinski definition) is 3. The molecule has 104 valence electrons. The highest BCUT2D eigenvalue weighted by atomic mass is 35.5. The number of nitrogens with one attached hydrogen (secondary N) is 2. The fourth-order valence-electron chi connectivity index (χ4n) is 2.17. The SMILES string of the molecule is C=CCNC(=O)C(C)N1CCNc2ccccc21.Cl. The van der Waals surface area contributed by atoms with Gasteiger partial charge in [0.1, 0.15) is 6.04 Å². The number of anilines is 2. The number of carbonyl (C=O) groups is 1. The Kier molecular flexibility index (Phi) is 5.70. The average molecular weight is 282 g/mol. The highest BCUT2D eigenvalue weighted by Gasteiger charge is 2.25. The number of fused-ring (bicyclic) bond motifs is 1. The fraction of sp³-hybridized carbons (Fsp3) is 0.357. The Balaban J connectivity index is 0.00000180. The van der Waals surface area contributed by atoms with E-state index in [9.17, 15) is 4.79 Å². The lowest BCUT2D eigenvalue weighted by Crippen LogP contribution is -2.48. The second kappa shape index (κ2) is 7.04. The van der Waals surface area contributed by atoms with Crippen LogP contribution in [0, 0.1) is 0 Å². The van der Waals surface area contributed by atoms with Gasteiger partial charge in [0.05, 0.1) is 11.4 Å². The third-order valence-electron chi connectivity index (χ3n) is 3.15. The zero-order valence-electron chi connectivity index (χ0n) is 11.1. The van der Waals surface area contributed by atoms with E-state index in [0.29, 0.717) is 6.54 Å². The maximum atomic E-state index is 12.0. The molecule has 0 saturated carbocycles. The fourth-order valence-corrected chi connectivity index (χ4v) is 2.17. The normalized spacial score (nSPS) is 14.5. The smallest absolute Gasteiger partial charge is 0.242 e. The summed E-state index contributed by atoms with van der Waals surface area (Å²) in [6, 6.07) is 7.90. The Morgan fingerprint density at radius 1 is 1.58 bits per heavy atom. The third-order valence-corrected chi connectivity index (χ3v) is 3.15. The summed E-state index contributed by atoms with van der Waals surface area (Å²) >= 11 is 0. The van der Waals surface area contributed by atoms with Crippen LogP contribution < -0.4 is 15.5 Å². The van der Waals surface area contributed by atoms with E-state index in [1.807, 2.05) is 31.2 Å². The molecular formula is C14H20ClN3O. The first-order valence-corrected chi connectivity index (χ1v) is 6.22. The summed E-state index contributed by atoms with van der Waals surface area (Å²) in [5.41, 5.74) is 2.18. The van der Waals surface area contributed by atoms with Crippen LogP contribution >= 0.6 is 12.4 Å². The van der Waals surface area contributed by atoms with E-state index in [4.69, 9.17) is 0 Å². The molecule has 1 atom stereocenters. The molecule has 0 aliphatic carbocycles. The molecule has 1 aliphatic heterocycles. The molecule has 2 rings (SSSR count). The summed E-state index contributed by atoms with van der Waals surface area (Å²) in [6.07, 6.45) is 1.69. The third kappa shape index (κ3) is 3.41. The van der Waals surface area contributed by atoms with Crippen LogP contribution in [0.3, 0.4) is 0 Å². The molecule has 0 fully saturated rings. The van der Waals surface area contributed by atoms with E-state index in [-0.39, 0.29) is 24.4 Å². The second-order valence-corrected chi connectivity index (χ2v) is 4.35. The predicted octanol–water partition coefficient (Wildman–Crippen LogP) is 2.03. The van der Waals surface area contributed by atoms with E-state index < -0.39 is 0 Å². The van der Waals surface area contributed by atoms with Crippen molar-refractivity contribution in [2.24, 2.45) is 0 Å². The maximum Gasteiger partial charge on any atom is 0.242 e. The van der Waals surface area contributed by atoms with Crippen molar-refractivity contribution >= 4 is 29.7 Å². The first-order valence-electron chi connectivity index (χ1n) is 6.22. The number of nitrogens with zero attached hydrogens (tertiary/aromatic N) is 1. The van der Waals surface area contributed by atoms with E-state index >= 15 is 0 Å². The lowest BCUT2D eigenvalue weighted by atomic mass is 10.1. The number of hydrogen-bond donors (Lipinski definition) is 2. The molecule has 0 aromatic heterocycles. The van der Waals surface area contributed by atoms with Crippen molar-refractivity contribution in [2.45, 2.75) is 13.0 Å². The monoisotopic (exact) mass is 281 g/mol. The van der Waals surface area contributed by atoms with Gasteiger partial charge in [0.15, 0.2) is 0 Å². The summed E-state index contributed by atoms with van der Waals surface area (Å²) in [7, 11) is 0. The number of amides is 1. The van der Waals surface area contributed by atoms with Gasteiger partial charge in [-0.2, -0.15) is 0 Å². The number of benzene rings is 1. The van der Waals surface area contributed by atoms with Crippen molar-refractivity contribution in [3.8, 4) is 0 Å². The summed E-state index contributed by atoms with van der Waals surface area (Å²) in [5.74, 6) is 0.0339. The average Bonchev–Trinajstić information content (AvgIpc) is 2.43. The lowest BCUT2D eigenvalue weighted by molar-refractivity contribution is -0.121. The molecule has 1 heterocycles. The molecule has 5 heteroatoms. The van der Waals surface area contributed by atoms with Gasteiger partial charge in [-0.1, -0.05) is 18.2 Å². The molecule has 0 bridgehead atoms. The minimum absolute atomic E-state index is 0. The topological polar surface area (TPSA) is 44.4 Å². The van der Waals surface area contributed by atoms with Crippen LogP contribution in [0.2, 0.25) is 0 Å². The minimum atomic E-state index is -0.173. The highest BCUT2D eigenvalue weighted by molar-refractivity contribution is 5.87. The van der Waals surface area contributed by atoms with Gasteiger partial charge in [0.2, 0.25) is 5.91 Å². The molecular weight excluding hydrogens is 262 g/mol. The molecule has 1 aliphatic rings. The van der Waals surface area contributed by atoms with Crippen molar-refractivity contribution < 1.29 is 4.79 Å². The summed E-state index contributed by atoms with van der Waals surface area (Å²) in [4.78, 5) is 14.1. The van der Waals surface area contributed by atoms with Crippen LogP contribution in [-0.4, -0.2) is 31.6 Å². The first-order chi connectivity index (χ1) is 8.74. The van der Waals surface area contributed by atoms with Gasteiger partial charge in [-0.05, 0) is 19.1 Å². The van der Waals surface area contributed by atoms with Crippen molar-refractivity contribution in [1.82, 2.24) is 5.32 Å². The Labute approximate surface area is 120 Å². The van der Waals surface area contributed by atoms with Gasteiger partial charge in [0.25, 0.3) is 0 Å². The summed E-state index contributed by atoms with van der Waals surface area (Å²) in [6.45, 7) is 7.73. The van der Waals surface area contributed by atoms with Gasteiger partial charge in [-0.15, -0.1) is 19.0 Å². The number of carbonyl (C=O) groups excluding carboxylic acids is 1. The second-order valence-electron chi connectivity index (χ2n) is 4.35. The van der Waals surface area contributed by atoms with Crippen molar-refractivity contribution in [3.05, 3.63) is 36.9 Å². The van der Waals surface area contributed by atoms with Gasteiger partial charge in [-0.3, -0.25) is 4.79 Å². The van der Waals surface area contributed by atoms with Crippen LogP contribution in [0.25, 0.3) is 0 Å². The zero-order chi connectivity index (χ0) is 13.0. The van der Waals surface area contributed by atoms with Crippen LogP contribution in [0.5, 0.6) is 0 Å². The predicted molar refractivity (Wildman–Crippen MR) is 82.2 cm³/mol. The van der Waals surface area contributed by atoms with Crippen LogP contribution in [0.1, 0.15) is 6.92 Å². The molecule has 1 amide bonds. The van der Waals surface area contributed by atoms with Crippen molar-refractivity contribution in [3.63, 3.8) is 0 Å². The molecule has 1 aromatic carbocycles. The Morgan fingerprint density at radius 2 is 2.32 bits per heavy atom. The van der Waals surface area contributed by atoms with Crippen LogP contribution in [0.15, 0.2) is 36.9 Å². The first kappa shape index (κ1) is 15.4. The summed E-state index contributed by atoms with van der Waals surface area (Å²) in [5, 5.41) is 6.18. The molecule has 0 radical (unpaired) electrons. The quantitative estimate of drug-likeness (QED) is 0.830. The number of rotatable bonds is 4. The summed E-state index contributed by atoms with van der Waals surface area (Å²) < 4.78 is 0. The Morgan fingerprint density at radius 3 is 3.05 bits per heavy atom. The maximum absolute atomic E-state index is 12.0. The molecule has 0 spiro atoms. The molecule has 0 saturated heterocycles. The number of halogens is 1. The molecule has 1 aromatic rings. The Hall–Kier alpha value is -1.68. The van der Waals surface area contributed by atoms with E-state index in [0.717, 1.165) is 24.5 Å². The van der Waals surface area contributed by atoms with Gasteiger partial charge >= 0.3 is 0 Å². The van der Waals surface area contributed by atoms with Crippen molar-refractivity contribution in [1.29, 1.82) is 0 Å². The van der Waals surface area contributed by atoms with E-state index in [1.165, 1.54) is 0 Å². The largest absolute Gasteiger partial charge is 0.382 e. The van der Waals surface area contributed by atoms with E-state index in [1.54, 1.807) is 6.08 Å². The molecule has 1 unspecified atom stereocenters. The minimum Gasteiger partial charge on any atom is -0.382 e. The van der Waals surface area contributed by atoms with Crippen LogP contribution in [0.4, 0.5) is 11.4 Å². The Bertz CT molecular complexity index is 450. The van der Waals surface area contributed by atoms with Crippen molar-refractivity contribution in [2.75, 3.05) is 29.9 Å².